The molecule has 3 aromatic carbocycles. The molecule has 1 unspecified atom stereocenters. The van der Waals surface area contributed by atoms with E-state index in [1.165, 1.54) is 0 Å². The minimum Gasteiger partial charge on any atom is -0.392 e. The Labute approximate surface area is 206 Å². The van der Waals surface area contributed by atoms with Crippen molar-refractivity contribution in [3.63, 3.8) is 0 Å². The molecular weight excluding hydrogens is 440 g/mol. The Kier molecular flexibility index (Phi) is 7.05. The van der Waals surface area contributed by atoms with Crippen molar-refractivity contribution in [2.75, 3.05) is 5.32 Å². The maximum Gasteiger partial charge on any atom is 0.256 e. The summed E-state index contributed by atoms with van der Waals surface area (Å²) in [6, 6.07) is 22.8. The third-order valence-electron chi connectivity index (χ3n) is 6.56. The Morgan fingerprint density at radius 2 is 1.77 bits per heavy atom. The van der Waals surface area contributed by atoms with E-state index in [-0.39, 0.29) is 19.4 Å². The standard InChI is InChI=1S/C29H32N2O4/c1-20-26-15-25(13-12-23(26)18-35-31-20)30-27(33)29(34,16-21-8-7-9-22(14-21)17-32)19-28(2,3)24-10-5-4-6-11-24/h4-15,32,34H,16-19H2,1-3H3,(H,30,33). The number of nitrogens with zero attached hydrogens (tertiary/aromatic N) is 1. The highest BCUT2D eigenvalue weighted by molar-refractivity contribution is 6.03. The van der Waals surface area contributed by atoms with Gasteiger partial charge in [0.25, 0.3) is 5.91 Å². The molecule has 0 fully saturated rings. The summed E-state index contributed by atoms with van der Waals surface area (Å²) in [6.07, 6.45) is 0.320. The zero-order valence-corrected chi connectivity index (χ0v) is 20.4. The van der Waals surface area contributed by atoms with Crippen LogP contribution in [0.15, 0.2) is 78.0 Å². The van der Waals surface area contributed by atoms with Crippen molar-refractivity contribution in [3.8, 4) is 0 Å². The normalized spacial score (nSPS) is 14.8. The first-order chi connectivity index (χ1) is 16.7. The predicted octanol–water partition coefficient (Wildman–Crippen LogP) is 4.71. The van der Waals surface area contributed by atoms with E-state index < -0.39 is 16.9 Å². The summed E-state index contributed by atoms with van der Waals surface area (Å²) in [6.45, 7) is 6.20. The summed E-state index contributed by atoms with van der Waals surface area (Å²) in [5.74, 6) is -0.475. The summed E-state index contributed by atoms with van der Waals surface area (Å²) >= 11 is 0. The molecule has 3 N–H and O–H groups in total. The molecule has 0 aliphatic carbocycles. The molecule has 0 spiro atoms. The van der Waals surface area contributed by atoms with Crippen LogP contribution >= 0.6 is 0 Å². The molecule has 1 aliphatic rings. The number of nitrogens with one attached hydrogen (secondary N) is 1. The average molecular weight is 473 g/mol. The van der Waals surface area contributed by atoms with Crippen molar-refractivity contribution in [1.82, 2.24) is 0 Å². The minimum absolute atomic E-state index is 0.103. The topological polar surface area (TPSA) is 91.2 Å². The number of benzene rings is 3. The zero-order valence-electron chi connectivity index (χ0n) is 20.4. The number of hydrogen-bond donors (Lipinski definition) is 3. The molecule has 182 valence electrons. The lowest BCUT2D eigenvalue weighted by molar-refractivity contribution is -0.136. The molecule has 0 saturated carbocycles. The largest absolute Gasteiger partial charge is 0.392 e. The number of aliphatic hydroxyl groups excluding tert-OH is 1. The van der Waals surface area contributed by atoms with E-state index in [9.17, 15) is 15.0 Å². The maximum absolute atomic E-state index is 13.7. The Morgan fingerprint density at radius 3 is 2.51 bits per heavy atom. The first-order valence-electron chi connectivity index (χ1n) is 11.8. The highest BCUT2D eigenvalue weighted by atomic mass is 16.6. The number of carbonyl (C=O) groups excluding carboxylic acids is 1. The van der Waals surface area contributed by atoms with Crippen molar-refractivity contribution >= 4 is 17.3 Å². The van der Waals surface area contributed by atoms with Crippen LogP contribution in [0.25, 0.3) is 0 Å². The number of oxime groups is 1. The average Bonchev–Trinajstić information content (AvgIpc) is 2.85. The number of rotatable bonds is 8. The molecule has 0 aromatic heterocycles. The molecule has 0 saturated heterocycles. The Hall–Kier alpha value is -3.48. The van der Waals surface area contributed by atoms with E-state index in [1.54, 1.807) is 0 Å². The van der Waals surface area contributed by atoms with Crippen molar-refractivity contribution < 1.29 is 19.8 Å². The second-order valence-electron chi connectivity index (χ2n) is 9.89. The molecule has 1 amide bonds. The molecule has 1 aliphatic heterocycles. The number of aliphatic hydroxyl groups is 2. The first kappa shape index (κ1) is 24.6. The van der Waals surface area contributed by atoms with E-state index in [0.717, 1.165) is 33.5 Å². The Bertz CT molecular complexity index is 1240. The zero-order chi connectivity index (χ0) is 25.1. The summed E-state index contributed by atoms with van der Waals surface area (Å²) in [7, 11) is 0. The lowest BCUT2D eigenvalue weighted by Crippen LogP contribution is -2.49. The van der Waals surface area contributed by atoms with Crippen molar-refractivity contribution in [2.24, 2.45) is 5.16 Å². The summed E-state index contributed by atoms with van der Waals surface area (Å²) in [5.41, 5.74) is 3.62. The highest BCUT2D eigenvalue weighted by Gasteiger charge is 2.42. The molecular formula is C29H32N2O4. The Balaban J connectivity index is 1.66. The fourth-order valence-corrected chi connectivity index (χ4v) is 4.73. The molecule has 35 heavy (non-hydrogen) atoms. The van der Waals surface area contributed by atoms with Gasteiger partial charge in [-0.15, -0.1) is 0 Å². The van der Waals surface area contributed by atoms with Gasteiger partial charge in [0.1, 0.15) is 12.2 Å². The van der Waals surface area contributed by atoms with E-state index >= 15 is 0 Å². The van der Waals surface area contributed by atoms with Gasteiger partial charge in [-0.2, -0.15) is 0 Å². The lowest BCUT2D eigenvalue weighted by atomic mass is 9.73. The summed E-state index contributed by atoms with van der Waals surface area (Å²) in [4.78, 5) is 18.9. The van der Waals surface area contributed by atoms with Crippen LogP contribution in [0.2, 0.25) is 0 Å². The van der Waals surface area contributed by atoms with Crippen LogP contribution in [0.4, 0.5) is 5.69 Å². The SMILES string of the molecule is CC1=NOCc2ccc(NC(=O)C(O)(Cc3cccc(CO)c3)CC(C)(C)c3ccccc3)cc21. The van der Waals surface area contributed by atoms with Crippen LogP contribution in [0.5, 0.6) is 0 Å². The van der Waals surface area contributed by atoms with Gasteiger partial charge in [0.15, 0.2) is 0 Å². The quantitative estimate of drug-likeness (QED) is 0.443. The monoisotopic (exact) mass is 472 g/mol. The fourth-order valence-electron chi connectivity index (χ4n) is 4.73. The van der Waals surface area contributed by atoms with Gasteiger partial charge >= 0.3 is 0 Å². The van der Waals surface area contributed by atoms with Gasteiger partial charge in [-0.1, -0.05) is 79.7 Å². The molecule has 1 heterocycles. The molecule has 0 radical (unpaired) electrons. The fraction of sp³-hybridized carbons (Fsp3) is 0.310. The van der Waals surface area contributed by atoms with Crippen molar-refractivity contribution in [2.45, 2.75) is 57.8 Å². The van der Waals surface area contributed by atoms with Gasteiger partial charge in [-0.05, 0) is 47.6 Å². The molecule has 1 atom stereocenters. The van der Waals surface area contributed by atoms with E-state index in [2.05, 4.69) is 10.5 Å². The van der Waals surface area contributed by atoms with Crippen molar-refractivity contribution in [3.05, 3.63) is 101 Å². The minimum atomic E-state index is -1.70. The van der Waals surface area contributed by atoms with Gasteiger partial charge in [0.05, 0.1) is 12.3 Å². The van der Waals surface area contributed by atoms with Crippen LogP contribution in [0, 0.1) is 0 Å². The number of hydrogen-bond acceptors (Lipinski definition) is 5. The summed E-state index contributed by atoms with van der Waals surface area (Å²) in [5, 5.41) is 28.5. The predicted molar refractivity (Wildman–Crippen MR) is 137 cm³/mol. The first-order valence-corrected chi connectivity index (χ1v) is 11.8. The van der Waals surface area contributed by atoms with Crippen LogP contribution in [0.1, 0.15) is 55.0 Å². The number of fused-ring (bicyclic) bond motifs is 1. The smallest absolute Gasteiger partial charge is 0.256 e. The highest BCUT2D eigenvalue weighted by Crippen LogP contribution is 2.35. The third-order valence-corrected chi connectivity index (χ3v) is 6.56. The Morgan fingerprint density at radius 1 is 1.03 bits per heavy atom. The summed E-state index contributed by atoms with van der Waals surface area (Å²) < 4.78 is 0. The molecule has 6 nitrogen and oxygen atoms in total. The van der Waals surface area contributed by atoms with Gasteiger partial charge in [-0.25, -0.2) is 0 Å². The van der Waals surface area contributed by atoms with Crippen LogP contribution in [-0.2, 0) is 34.7 Å². The van der Waals surface area contributed by atoms with Crippen LogP contribution in [-0.4, -0.2) is 27.4 Å². The second-order valence-corrected chi connectivity index (χ2v) is 9.89. The molecule has 6 heteroatoms. The van der Waals surface area contributed by atoms with Gasteiger partial charge in [0.2, 0.25) is 0 Å². The molecule has 3 aromatic rings. The maximum atomic E-state index is 13.7. The molecule has 4 rings (SSSR count). The number of carbonyl (C=O) groups is 1. The van der Waals surface area contributed by atoms with Gasteiger partial charge in [0, 0.05) is 23.2 Å². The molecule has 0 bridgehead atoms. The number of anilines is 1. The second kappa shape index (κ2) is 10.0. The van der Waals surface area contributed by atoms with Gasteiger partial charge in [-0.3, -0.25) is 4.79 Å². The van der Waals surface area contributed by atoms with Crippen LogP contribution < -0.4 is 5.32 Å². The van der Waals surface area contributed by atoms with E-state index in [4.69, 9.17) is 4.84 Å². The third kappa shape index (κ3) is 5.61. The van der Waals surface area contributed by atoms with Crippen molar-refractivity contribution in [1.29, 1.82) is 0 Å². The number of amides is 1. The van der Waals surface area contributed by atoms with Gasteiger partial charge < -0.3 is 20.4 Å². The lowest BCUT2D eigenvalue weighted by Gasteiger charge is -2.36. The van der Waals surface area contributed by atoms with E-state index in [1.807, 2.05) is 93.6 Å². The van der Waals surface area contributed by atoms with E-state index in [0.29, 0.717) is 12.3 Å². The van der Waals surface area contributed by atoms with Crippen LogP contribution in [0.3, 0.4) is 0 Å².